The summed E-state index contributed by atoms with van der Waals surface area (Å²) in [6.07, 6.45) is 1.30. The van der Waals surface area contributed by atoms with Gasteiger partial charge in [-0.3, -0.25) is 0 Å². The Hall–Kier alpha value is -2.53. The highest BCUT2D eigenvalue weighted by Crippen LogP contribution is 2.40. The number of fused-ring (bicyclic) bond motifs is 2. The molecule has 28 heavy (non-hydrogen) atoms. The fraction of sp³-hybridized carbons (Fsp3) is 0.348. The Morgan fingerprint density at radius 3 is 2.54 bits per heavy atom. The van der Waals surface area contributed by atoms with E-state index in [1.165, 1.54) is 39.5 Å². The van der Waals surface area contributed by atoms with Crippen LogP contribution in [0, 0.1) is 13.8 Å². The molecule has 146 valence electrons. The largest absolute Gasteiger partial charge is 0.488 e. The van der Waals surface area contributed by atoms with Crippen LogP contribution < -0.4 is 4.74 Å². The smallest absolute Gasteiger partial charge is 0.372 e. The minimum Gasteiger partial charge on any atom is -0.488 e. The summed E-state index contributed by atoms with van der Waals surface area (Å²) in [7, 11) is 0. The zero-order valence-corrected chi connectivity index (χ0v) is 17.7. The van der Waals surface area contributed by atoms with Crippen LogP contribution >= 0.6 is 0 Å². The van der Waals surface area contributed by atoms with Crippen LogP contribution in [0.2, 0.25) is 13.6 Å². The summed E-state index contributed by atoms with van der Waals surface area (Å²) in [5, 5.41) is 9.64. The minimum atomic E-state index is -0.971. The van der Waals surface area contributed by atoms with Crippen molar-refractivity contribution in [3.63, 3.8) is 0 Å². The molecule has 2 aliphatic rings. The van der Waals surface area contributed by atoms with Crippen LogP contribution in [0.3, 0.4) is 0 Å². The molecule has 0 atom stereocenters. The van der Waals surface area contributed by atoms with Crippen molar-refractivity contribution in [1.29, 1.82) is 0 Å². The number of aliphatic hydroxyl groups is 1. The van der Waals surface area contributed by atoms with E-state index in [1.54, 1.807) is 0 Å². The Morgan fingerprint density at radius 1 is 1.11 bits per heavy atom. The summed E-state index contributed by atoms with van der Waals surface area (Å²) in [5.41, 5.74) is 9.71. The lowest BCUT2D eigenvalue weighted by atomic mass is 9.48. The van der Waals surface area contributed by atoms with E-state index in [4.69, 9.17) is 4.74 Å². The van der Waals surface area contributed by atoms with Gasteiger partial charge in [-0.15, -0.1) is 13.6 Å². The molecular formula is C23H29BN2O2. The first kappa shape index (κ1) is 18.8. The first-order valence-corrected chi connectivity index (χ1v) is 10.1. The van der Waals surface area contributed by atoms with Crippen LogP contribution in [0.25, 0.3) is 5.57 Å². The number of hydrogen-bond acceptors (Lipinski definition) is 2. The second kappa shape index (κ2) is 6.52. The molecular weight excluding hydrogens is 347 g/mol. The van der Waals surface area contributed by atoms with Gasteiger partial charge in [0.2, 0.25) is 0 Å². The summed E-state index contributed by atoms with van der Waals surface area (Å²) < 4.78 is 11.2. The molecule has 1 aromatic heterocycles. The molecule has 0 unspecified atom stereocenters. The van der Waals surface area contributed by atoms with Crippen molar-refractivity contribution in [2.24, 2.45) is 0 Å². The quantitative estimate of drug-likeness (QED) is 0.804. The van der Waals surface area contributed by atoms with Gasteiger partial charge in [-0.1, -0.05) is 18.2 Å². The number of benzene rings is 1. The van der Waals surface area contributed by atoms with Gasteiger partial charge in [0.15, 0.2) is 5.70 Å². The maximum absolute atomic E-state index is 9.64. The number of rotatable bonds is 4. The van der Waals surface area contributed by atoms with E-state index >= 15 is 0 Å². The van der Waals surface area contributed by atoms with E-state index in [9.17, 15) is 5.11 Å². The van der Waals surface area contributed by atoms with Crippen LogP contribution in [-0.2, 0) is 6.61 Å². The molecule has 0 spiro atoms. The lowest BCUT2D eigenvalue weighted by Crippen LogP contribution is -2.53. The van der Waals surface area contributed by atoms with Crippen molar-refractivity contribution in [1.82, 2.24) is 4.48 Å². The molecule has 2 aromatic rings. The van der Waals surface area contributed by atoms with E-state index in [0.29, 0.717) is 6.61 Å². The van der Waals surface area contributed by atoms with Gasteiger partial charge >= 0.3 is 6.42 Å². The summed E-state index contributed by atoms with van der Waals surface area (Å²) in [5.74, 6) is 0.743. The Bertz CT molecular complexity index is 1070. The average Bonchev–Trinajstić information content (AvgIpc) is 3.12. The molecule has 0 radical (unpaired) electrons. The van der Waals surface area contributed by atoms with Crippen LogP contribution in [0.5, 0.6) is 5.75 Å². The number of ether oxygens (including phenoxy) is 1. The van der Waals surface area contributed by atoms with E-state index in [2.05, 4.69) is 62.4 Å². The Labute approximate surface area is 167 Å². The molecule has 3 heterocycles. The second-order valence-electron chi connectivity index (χ2n) is 8.63. The fourth-order valence-corrected chi connectivity index (χ4v) is 5.32. The number of aryl methyl sites for hydroxylation is 2. The highest BCUT2D eigenvalue weighted by Gasteiger charge is 2.45. The van der Waals surface area contributed by atoms with Gasteiger partial charge in [0, 0.05) is 29.8 Å². The molecule has 1 N–H and O–H groups in total. The van der Waals surface area contributed by atoms with Gasteiger partial charge in [-0.05, 0) is 44.2 Å². The second-order valence-corrected chi connectivity index (χ2v) is 8.63. The van der Waals surface area contributed by atoms with Crippen LogP contribution in [0.4, 0.5) is 0 Å². The average molecular weight is 376 g/mol. The third-order valence-corrected chi connectivity index (χ3v) is 6.19. The molecule has 0 fully saturated rings. The highest BCUT2D eigenvalue weighted by atomic mass is 16.5. The third kappa shape index (κ3) is 2.60. The van der Waals surface area contributed by atoms with Crippen molar-refractivity contribution in [3.05, 3.63) is 70.2 Å². The van der Waals surface area contributed by atoms with Crippen LogP contribution in [-0.4, -0.2) is 32.8 Å². The first-order valence-electron chi connectivity index (χ1n) is 10.1. The topological polar surface area (TPSA) is 37.4 Å². The number of para-hydroxylation sites is 1. The SMILES string of the molecule is CC1=CC(C)=[N+]2C1=C(COc1ccccc1CO)c1c(C)cc(C)n1[B-]2(C)C. The van der Waals surface area contributed by atoms with Crippen molar-refractivity contribution < 1.29 is 14.3 Å². The van der Waals surface area contributed by atoms with Gasteiger partial charge in [-0.2, -0.15) is 0 Å². The number of hydrogen-bond donors (Lipinski definition) is 1. The summed E-state index contributed by atoms with van der Waals surface area (Å²) >= 11 is 0. The standard InChI is InChI=1S/C23H29BN2O2/c1-15-11-17(3)25-22(15)20(14-28-21-10-8-7-9-19(21)13-27)23-16(2)12-18(4)26(23)24(25,5)6/h7-12,27H,13-14H2,1-6H3. The molecule has 4 rings (SSSR count). The minimum absolute atomic E-state index is 0.0231. The number of aliphatic hydroxyl groups excluding tert-OH is 1. The molecule has 4 nitrogen and oxygen atoms in total. The molecule has 2 aliphatic heterocycles. The maximum Gasteiger partial charge on any atom is 0.372 e. The van der Waals surface area contributed by atoms with Crippen molar-refractivity contribution in [3.8, 4) is 5.75 Å². The number of nitrogens with zero attached hydrogens (tertiary/aromatic N) is 2. The monoisotopic (exact) mass is 376 g/mol. The third-order valence-electron chi connectivity index (χ3n) is 6.19. The predicted octanol–water partition coefficient (Wildman–Crippen LogP) is 4.38. The Morgan fingerprint density at radius 2 is 1.82 bits per heavy atom. The number of aromatic nitrogens is 1. The van der Waals surface area contributed by atoms with Crippen LogP contribution in [0.1, 0.15) is 36.4 Å². The Kier molecular flexibility index (Phi) is 4.38. The van der Waals surface area contributed by atoms with Crippen LogP contribution in [0.15, 0.2) is 47.7 Å². The van der Waals surface area contributed by atoms with Gasteiger partial charge in [0.1, 0.15) is 18.1 Å². The summed E-state index contributed by atoms with van der Waals surface area (Å²) in [6, 6.07) is 9.98. The summed E-state index contributed by atoms with van der Waals surface area (Å²) in [6.45, 7) is 13.9. The zero-order chi connectivity index (χ0) is 20.2. The van der Waals surface area contributed by atoms with Gasteiger partial charge in [0.05, 0.1) is 12.2 Å². The van der Waals surface area contributed by atoms with Crippen molar-refractivity contribution in [2.75, 3.05) is 6.61 Å². The normalized spacial score (nSPS) is 17.6. The molecule has 0 saturated heterocycles. The molecule has 1 aromatic carbocycles. The highest BCUT2D eigenvalue weighted by molar-refractivity contribution is 6.69. The summed E-state index contributed by atoms with van der Waals surface area (Å²) in [4.78, 5) is 0. The fourth-order valence-electron chi connectivity index (χ4n) is 5.32. The van der Waals surface area contributed by atoms with E-state index in [-0.39, 0.29) is 6.61 Å². The van der Waals surface area contributed by atoms with E-state index < -0.39 is 6.42 Å². The Balaban J connectivity index is 1.88. The first-order chi connectivity index (χ1) is 13.3. The van der Waals surface area contributed by atoms with Gasteiger partial charge < -0.3 is 18.8 Å². The molecule has 0 amide bonds. The van der Waals surface area contributed by atoms with Crippen molar-refractivity contribution in [2.45, 2.75) is 47.9 Å². The lowest BCUT2D eigenvalue weighted by molar-refractivity contribution is -0.336. The van der Waals surface area contributed by atoms with Gasteiger partial charge in [0.25, 0.3) is 0 Å². The number of allylic oxidation sites excluding steroid dienone is 2. The van der Waals surface area contributed by atoms with Gasteiger partial charge in [-0.25, -0.2) is 0 Å². The maximum atomic E-state index is 9.64. The van der Waals surface area contributed by atoms with E-state index in [0.717, 1.165) is 11.3 Å². The molecule has 0 bridgehead atoms. The molecule has 5 heteroatoms. The lowest BCUT2D eigenvalue weighted by Gasteiger charge is -2.40. The zero-order valence-electron chi connectivity index (χ0n) is 17.7. The molecule has 0 saturated carbocycles. The molecule has 0 aliphatic carbocycles. The van der Waals surface area contributed by atoms with Crippen molar-refractivity contribution >= 4 is 17.7 Å². The predicted molar refractivity (Wildman–Crippen MR) is 116 cm³/mol. The van der Waals surface area contributed by atoms with E-state index in [1.807, 2.05) is 24.3 Å².